The number of aromatic nitrogens is 1. The lowest BCUT2D eigenvalue weighted by Gasteiger charge is -2.20. The first-order valence-electron chi connectivity index (χ1n) is 9.84. The summed E-state index contributed by atoms with van der Waals surface area (Å²) < 4.78 is 13.1. The normalized spacial score (nSPS) is 14.8. The Morgan fingerprint density at radius 1 is 1.27 bits per heavy atom. The molecule has 0 radical (unpaired) electrons. The number of carbonyl (C=O) groups is 1. The van der Waals surface area contributed by atoms with Crippen molar-refractivity contribution in [3.05, 3.63) is 57.7 Å². The molecule has 0 aliphatic carbocycles. The summed E-state index contributed by atoms with van der Waals surface area (Å²) in [6.07, 6.45) is 0. The van der Waals surface area contributed by atoms with Crippen molar-refractivity contribution in [2.24, 2.45) is 4.99 Å². The fraction of sp³-hybridized carbons (Fsp3) is 0.304. The summed E-state index contributed by atoms with van der Waals surface area (Å²) in [5, 5.41) is 4.98. The Hall–Kier alpha value is -2.90. The van der Waals surface area contributed by atoms with Gasteiger partial charge in [0.2, 0.25) is 0 Å². The predicted molar refractivity (Wildman–Crippen MR) is 120 cm³/mol. The van der Waals surface area contributed by atoms with E-state index in [1.54, 1.807) is 18.4 Å². The third kappa shape index (κ3) is 4.04. The number of ether oxygens (including phenoxy) is 2. The number of nitrogens with one attached hydrogen (secondary N) is 1. The number of hydrogen-bond donors (Lipinski definition) is 1. The van der Waals surface area contributed by atoms with Crippen LogP contribution in [-0.4, -0.2) is 30.8 Å². The zero-order valence-corrected chi connectivity index (χ0v) is 18.4. The SMILES string of the molecule is COCC(C)n1c(-c2ccc3c(c2)NC(=O)CO3)csc1=Nc1ccc(C)cc1C. The van der Waals surface area contributed by atoms with Crippen molar-refractivity contribution < 1.29 is 14.3 Å². The van der Waals surface area contributed by atoms with Gasteiger partial charge in [0, 0.05) is 18.1 Å². The van der Waals surface area contributed by atoms with Crippen LogP contribution in [-0.2, 0) is 9.53 Å². The standard InChI is InChI=1S/C23H25N3O3S/c1-14-5-7-18(15(2)9-14)25-23-26(16(3)11-28-4)20(13-30-23)17-6-8-21-19(10-17)24-22(27)12-29-21/h5-10,13,16H,11-12H2,1-4H3,(H,24,27). The van der Waals surface area contributed by atoms with Crippen LogP contribution in [0.2, 0.25) is 0 Å². The number of anilines is 1. The fourth-order valence-electron chi connectivity index (χ4n) is 3.63. The number of benzene rings is 2. The van der Waals surface area contributed by atoms with E-state index in [-0.39, 0.29) is 18.6 Å². The van der Waals surface area contributed by atoms with Gasteiger partial charge in [-0.05, 0) is 50.6 Å². The highest BCUT2D eigenvalue weighted by Crippen LogP contribution is 2.34. The molecule has 1 atom stereocenters. The Kier molecular flexibility index (Phi) is 5.74. The Balaban J connectivity index is 1.84. The number of fused-ring (bicyclic) bond motifs is 1. The molecule has 1 aliphatic heterocycles. The van der Waals surface area contributed by atoms with E-state index >= 15 is 0 Å². The van der Waals surface area contributed by atoms with Crippen LogP contribution in [0.5, 0.6) is 5.75 Å². The monoisotopic (exact) mass is 423 g/mol. The van der Waals surface area contributed by atoms with Gasteiger partial charge in [-0.25, -0.2) is 4.99 Å². The summed E-state index contributed by atoms with van der Waals surface area (Å²) in [4.78, 5) is 17.6. The first kappa shape index (κ1) is 20.4. The number of rotatable bonds is 5. The van der Waals surface area contributed by atoms with Gasteiger partial charge in [-0.3, -0.25) is 4.79 Å². The van der Waals surface area contributed by atoms with Gasteiger partial charge < -0.3 is 19.4 Å². The van der Waals surface area contributed by atoms with Crippen LogP contribution in [0.1, 0.15) is 24.1 Å². The number of thiazole rings is 1. The lowest BCUT2D eigenvalue weighted by atomic mass is 10.1. The molecule has 4 rings (SSSR count). The van der Waals surface area contributed by atoms with Crippen LogP contribution in [0.25, 0.3) is 11.3 Å². The Bertz CT molecular complexity index is 1160. The largest absolute Gasteiger partial charge is 0.482 e. The van der Waals surface area contributed by atoms with E-state index in [4.69, 9.17) is 14.5 Å². The zero-order chi connectivity index (χ0) is 21.3. The molecule has 0 saturated heterocycles. The van der Waals surface area contributed by atoms with Crippen LogP contribution < -0.4 is 14.9 Å². The highest BCUT2D eigenvalue weighted by atomic mass is 32.1. The van der Waals surface area contributed by atoms with E-state index in [1.165, 1.54) is 5.56 Å². The third-order valence-electron chi connectivity index (χ3n) is 5.07. The summed E-state index contributed by atoms with van der Waals surface area (Å²) in [7, 11) is 1.70. The van der Waals surface area contributed by atoms with Crippen molar-refractivity contribution in [3.8, 4) is 17.0 Å². The van der Waals surface area contributed by atoms with Crippen molar-refractivity contribution in [2.75, 3.05) is 25.6 Å². The van der Waals surface area contributed by atoms with Crippen LogP contribution in [0.4, 0.5) is 11.4 Å². The third-order valence-corrected chi connectivity index (χ3v) is 5.91. The minimum atomic E-state index is -0.142. The molecule has 0 saturated carbocycles. The van der Waals surface area contributed by atoms with Crippen LogP contribution >= 0.6 is 11.3 Å². The second kappa shape index (κ2) is 8.45. The van der Waals surface area contributed by atoms with Crippen LogP contribution in [0, 0.1) is 13.8 Å². The lowest BCUT2D eigenvalue weighted by molar-refractivity contribution is -0.118. The molecule has 6 nitrogen and oxygen atoms in total. The van der Waals surface area contributed by atoms with Gasteiger partial charge in [0.1, 0.15) is 5.75 Å². The molecule has 1 N–H and O–H groups in total. The summed E-state index contributed by atoms with van der Waals surface area (Å²) in [5.74, 6) is 0.543. The first-order chi connectivity index (χ1) is 14.5. The maximum Gasteiger partial charge on any atom is 0.262 e. The molecule has 0 fully saturated rings. The molecule has 1 amide bonds. The van der Waals surface area contributed by atoms with Crippen molar-refractivity contribution in [3.63, 3.8) is 0 Å². The van der Waals surface area contributed by atoms with E-state index in [1.807, 2.05) is 18.2 Å². The summed E-state index contributed by atoms with van der Waals surface area (Å²) in [5.41, 5.74) is 6.02. The van der Waals surface area contributed by atoms with E-state index in [9.17, 15) is 4.79 Å². The van der Waals surface area contributed by atoms with Crippen molar-refractivity contribution in [1.29, 1.82) is 0 Å². The predicted octanol–water partition coefficient (Wildman–Crippen LogP) is 4.60. The van der Waals surface area contributed by atoms with Crippen LogP contribution in [0.3, 0.4) is 0 Å². The molecule has 2 heterocycles. The van der Waals surface area contributed by atoms with Gasteiger partial charge in [0.25, 0.3) is 5.91 Å². The number of aryl methyl sites for hydroxylation is 2. The van der Waals surface area contributed by atoms with Crippen molar-refractivity contribution in [1.82, 2.24) is 4.57 Å². The molecular formula is C23H25N3O3S. The molecule has 1 aromatic heterocycles. The maximum atomic E-state index is 11.7. The van der Waals surface area contributed by atoms with Gasteiger partial charge in [-0.1, -0.05) is 17.7 Å². The maximum absolute atomic E-state index is 11.7. The Morgan fingerprint density at radius 2 is 2.10 bits per heavy atom. The molecule has 2 aromatic carbocycles. The molecule has 7 heteroatoms. The van der Waals surface area contributed by atoms with E-state index in [0.717, 1.165) is 27.3 Å². The Labute approximate surface area is 179 Å². The molecule has 1 aliphatic rings. The molecule has 0 bridgehead atoms. The quantitative estimate of drug-likeness (QED) is 0.652. The van der Waals surface area contributed by atoms with Gasteiger partial charge in [0.05, 0.1) is 29.7 Å². The number of methoxy groups -OCH3 is 1. The number of nitrogens with zero attached hydrogens (tertiary/aromatic N) is 2. The summed E-state index contributed by atoms with van der Waals surface area (Å²) in [6, 6.07) is 12.2. The Morgan fingerprint density at radius 3 is 2.87 bits per heavy atom. The van der Waals surface area contributed by atoms with Gasteiger partial charge in [-0.15, -0.1) is 11.3 Å². The topological polar surface area (TPSA) is 64.8 Å². The van der Waals surface area contributed by atoms with Crippen LogP contribution in [0.15, 0.2) is 46.8 Å². The molecular weight excluding hydrogens is 398 g/mol. The fourth-order valence-corrected chi connectivity index (χ4v) is 4.64. The second-order valence-electron chi connectivity index (χ2n) is 7.53. The lowest BCUT2D eigenvalue weighted by Crippen LogP contribution is -2.25. The number of carbonyl (C=O) groups excluding carboxylic acids is 1. The number of amides is 1. The van der Waals surface area contributed by atoms with Gasteiger partial charge in [-0.2, -0.15) is 0 Å². The highest BCUT2D eigenvalue weighted by molar-refractivity contribution is 7.07. The second-order valence-corrected chi connectivity index (χ2v) is 8.36. The van der Waals surface area contributed by atoms with Crippen molar-refractivity contribution >= 4 is 28.6 Å². The van der Waals surface area contributed by atoms with E-state index in [0.29, 0.717) is 18.0 Å². The van der Waals surface area contributed by atoms with E-state index in [2.05, 4.69) is 54.2 Å². The molecule has 3 aromatic rings. The van der Waals surface area contributed by atoms with Crippen molar-refractivity contribution in [2.45, 2.75) is 26.8 Å². The minimum Gasteiger partial charge on any atom is -0.482 e. The average Bonchev–Trinajstić information content (AvgIpc) is 3.13. The minimum absolute atomic E-state index is 0.0502. The summed E-state index contributed by atoms with van der Waals surface area (Å²) in [6.45, 7) is 6.89. The smallest absolute Gasteiger partial charge is 0.262 e. The van der Waals surface area contributed by atoms with Gasteiger partial charge in [0.15, 0.2) is 11.4 Å². The highest BCUT2D eigenvalue weighted by Gasteiger charge is 2.19. The molecule has 30 heavy (non-hydrogen) atoms. The molecule has 1 unspecified atom stereocenters. The van der Waals surface area contributed by atoms with Gasteiger partial charge >= 0.3 is 0 Å². The number of hydrogen-bond acceptors (Lipinski definition) is 5. The average molecular weight is 424 g/mol. The van der Waals surface area contributed by atoms with E-state index < -0.39 is 0 Å². The molecule has 0 spiro atoms. The zero-order valence-electron chi connectivity index (χ0n) is 17.6. The first-order valence-corrected chi connectivity index (χ1v) is 10.7. The molecule has 156 valence electrons. The summed E-state index contributed by atoms with van der Waals surface area (Å²) >= 11 is 1.59.